The maximum Gasteiger partial charge on any atom is 0.266 e. The molecule has 2 aromatic carbocycles. The van der Waals surface area contributed by atoms with Crippen LogP contribution in [-0.4, -0.2) is 21.4 Å². The molecule has 2 heterocycles. The van der Waals surface area contributed by atoms with Gasteiger partial charge in [-0.25, -0.2) is 9.88 Å². The smallest absolute Gasteiger partial charge is 0.266 e. The van der Waals surface area contributed by atoms with E-state index in [4.69, 9.17) is 0 Å². The third kappa shape index (κ3) is 2.06. The van der Waals surface area contributed by atoms with Crippen LogP contribution in [0.2, 0.25) is 0 Å². The number of carbonyl (C=O) groups excluding carboxylic acids is 2. The molecule has 2 amide bonds. The molecule has 0 aliphatic carbocycles. The Morgan fingerprint density at radius 3 is 2.04 bits per heavy atom. The van der Waals surface area contributed by atoms with Crippen molar-refractivity contribution in [3.05, 3.63) is 77.9 Å². The summed E-state index contributed by atoms with van der Waals surface area (Å²) in [5.74, 6) is 0.406. The first-order valence-corrected chi connectivity index (χ1v) is 7.81. The van der Waals surface area contributed by atoms with Crippen LogP contribution in [0.25, 0.3) is 5.69 Å². The molecule has 5 nitrogen and oxygen atoms in total. The van der Waals surface area contributed by atoms with E-state index in [9.17, 15) is 9.59 Å². The Kier molecular flexibility index (Phi) is 3.27. The van der Waals surface area contributed by atoms with Crippen LogP contribution in [0.3, 0.4) is 0 Å². The van der Waals surface area contributed by atoms with Crippen molar-refractivity contribution in [2.75, 3.05) is 4.90 Å². The van der Waals surface area contributed by atoms with Crippen LogP contribution in [-0.2, 0) is 6.42 Å². The molecule has 0 atom stereocenters. The Balaban J connectivity index is 1.70. The van der Waals surface area contributed by atoms with Gasteiger partial charge in [-0.15, -0.1) is 0 Å². The molecule has 0 fully saturated rings. The summed E-state index contributed by atoms with van der Waals surface area (Å²) < 4.78 is 1.99. The number of imide groups is 1. The Bertz CT molecular complexity index is 906. The van der Waals surface area contributed by atoms with Crippen LogP contribution in [0, 0.1) is 0 Å². The summed E-state index contributed by atoms with van der Waals surface area (Å²) in [6.45, 7) is 2.05. The Morgan fingerprint density at radius 1 is 0.875 bits per heavy atom. The van der Waals surface area contributed by atoms with Crippen molar-refractivity contribution in [3.8, 4) is 5.69 Å². The highest BCUT2D eigenvalue weighted by atomic mass is 16.2. The van der Waals surface area contributed by atoms with Gasteiger partial charge in [0.25, 0.3) is 11.8 Å². The topological polar surface area (TPSA) is 55.2 Å². The van der Waals surface area contributed by atoms with Crippen LogP contribution in [0.15, 0.2) is 60.9 Å². The number of fused-ring (bicyclic) bond motifs is 1. The second-order valence-corrected chi connectivity index (χ2v) is 5.57. The number of amides is 2. The zero-order valence-electron chi connectivity index (χ0n) is 13.1. The minimum atomic E-state index is -0.278. The molecular formula is C19H15N3O2. The third-order valence-electron chi connectivity index (χ3n) is 4.21. The number of carbonyl (C=O) groups is 2. The summed E-state index contributed by atoms with van der Waals surface area (Å²) in [7, 11) is 0. The molecule has 1 aliphatic rings. The molecule has 0 N–H and O–H groups in total. The van der Waals surface area contributed by atoms with Crippen LogP contribution in [0.4, 0.5) is 5.69 Å². The van der Waals surface area contributed by atoms with Crippen LogP contribution in [0.1, 0.15) is 33.5 Å². The lowest BCUT2D eigenvalue weighted by Gasteiger charge is -2.15. The number of nitrogens with zero attached hydrogens (tertiary/aromatic N) is 3. The van der Waals surface area contributed by atoms with Gasteiger partial charge in [-0.2, -0.15) is 0 Å². The number of rotatable bonds is 3. The fourth-order valence-electron chi connectivity index (χ4n) is 3.02. The van der Waals surface area contributed by atoms with Crippen molar-refractivity contribution in [1.29, 1.82) is 0 Å². The van der Waals surface area contributed by atoms with Crippen molar-refractivity contribution in [2.45, 2.75) is 13.3 Å². The second kappa shape index (κ2) is 5.45. The lowest BCUT2D eigenvalue weighted by molar-refractivity contribution is 0.0926. The highest BCUT2D eigenvalue weighted by Crippen LogP contribution is 2.28. The normalized spacial score (nSPS) is 13.5. The minimum Gasteiger partial charge on any atom is -0.304 e. The summed E-state index contributed by atoms with van der Waals surface area (Å²) in [6, 6.07) is 14.3. The zero-order valence-corrected chi connectivity index (χ0v) is 13.1. The molecule has 118 valence electrons. The van der Waals surface area contributed by atoms with E-state index in [1.54, 1.807) is 42.6 Å². The first-order valence-electron chi connectivity index (χ1n) is 7.81. The molecule has 24 heavy (non-hydrogen) atoms. The number of hydrogen-bond donors (Lipinski definition) is 0. The molecule has 1 aromatic heterocycles. The quantitative estimate of drug-likeness (QED) is 0.697. The molecule has 0 saturated heterocycles. The highest BCUT2D eigenvalue weighted by molar-refractivity contribution is 6.34. The van der Waals surface area contributed by atoms with E-state index < -0.39 is 0 Å². The van der Waals surface area contributed by atoms with Gasteiger partial charge in [-0.3, -0.25) is 9.59 Å². The van der Waals surface area contributed by atoms with Crippen molar-refractivity contribution in [2.24, 2.45) is 0 Å². The predicted octanol–water partition coefficient (Wildman–Crippen LogP) is 3.24. The van der Waals surface area contributed by atoms with E-state index in [0.29, 0.717) is 16.8 Å². The number of aryl methyl sites for hydroxylation is 1. The largest absolute Gasteiger partial charge is 0.304 e. The molecule has 3 aromatic rings. The average Bonchev–Trinajstić information content (AvgIpc) is 3.19. The van der Waals surface area contributed by atoms with Crippen LogP contribution in [0.5, 0.6) is 0 Å². The van der Waals surface area contributed by atoms with E-state index in [2.05, 4.69) is 4.98 Å². The summed E-state index contributed by atoms with van der Waals surface area (Å²) in [4.78, 5) is 30.6. The molecule has 0 unspecified atom stereocenters. The SMILES string of the molecule is CCc1nccn1-c1ccc(N2C(=O)c3ccccc3C2=O)cc1. The molecular weight excluding hydrogens is 302 g/mol. The lowest BCUT2D eigenvalue weighted by Crippen LogP contribution is -2.29. The predicted molar refractivity (Wildman–Crippen MR) is 90.5 cm³/mol. The fourth-order valence-corrected chi connectivity index (χ4v) is 3.02. The number of hydrogen-bond acceptors (Lipinski definition) is 3. The van der Waals surface area contributed by atoms with E-state index in [1.807, 2.05) is 29.8 Å². The van der Waals surface area contributed by atoms with E-state index >= 15 is 0 Å². The van der Waals surface area contributed by atoms with Gasteiger partial charge in [0.2, 0.25) is 0 Å². The van der Waals surface area contributed by atoms with Crippen molar-refractivity contribution >= 4 is 17.5 Å². The number of benzene rings is 2. The molecule has 0 saturated carbocycles. The third-order valence-corrected chi connectivity index (χ3v) is 4.21. The summed E-state index contributed by atoms with van der Waals surface area (Å²) in [5.41, 5.74) is 2.43. The Hall–Kier alpha value is -3.21. The highest BCUT2D eigenvalue weighted by Gasteiger charge is 2.36. The van der Waals surface area contributed by atoms with Gasteiger partial charge in [0, 0.05) is 24.5 Å². The van der Waals surface area contributed by atoms with Crippen LogP contribution < -0.4 is 4.90 Å². The van der Waals surface area contributed by atoms with Gasteiger partial charge in [0.15, 0.2) is 0 Å². The van der Waals surface area contributed by atoms with Crippen LogP contribution >= 0.6 is 0 Å². The summed E-state index contributed by atoms with van der Waals surface area (Å²) in [6.07, 6.45) is 4.49. The molecule has 1 aliphatic heterocycles. The molecule has 0 bridgehead atoms. The summed E-state index contributed by atoms with van der Waals surface area (Å²) >= 11 is 0. The lowest BCUT2D eigenvalue weighted by atomic mass is 10.1. The van der Waals surface area contributed by atoms with Gasteiger partial charge in [-0.1, -0.05) is 19.1 Å². The van der Waals surface area contributed by atoms with Gasteiger partial charge in [0.05, 0.1) is 16.8 Å². The zero-order chi connectivity index (χ0) is 16.7. The van der Waals surface area contributed by atoms with Gasteiger partial charge < -0.3 is 4.57 Å². The molecule has 5 heteroatoms. The average molecular weight is 317 g/mol. The Labute approximate surface area is 139 Å². The monoisotopic (exact) mass is 317 g/mol. The fraction of sp³-hybridized carbons (Fsp3) is 0.105. The van der Waals surface area contributed by atoms with Gasteiger partial charge in [0.1, 0.15) is 5.82 Å². The van der Waals surface area contributed by atoms with E-state index in [0.717, 1.165) is 17.9 Å². The van der Waals surface area contributed by atoms with E-state index in [1.165, 1.54) is 4.90 Å². The first-order chi connectivity index (χ1) is 11.7. The standard InChI is InChI=1S/C19H15N3O2/c1-2-17-20-11-12-21(17)13-7-9-14(10-8-13)22-18(23)15-5-3-4-6-16(15)19(22)24/h3-12H,2H2,1H3. The first kappa shape index (κ1) is 14.4. The Morgan fingerprint density at radius 2 is 1.46 bits per heavy atom. The van der Waals surface area contributed by atoms with Gasteiger partial charge in [-0.05, 0) is 36.4 Å². The minimum absolute atomic E-state index is 0.278. The van der Waals surface area contributed by atoms with Gasteiger partial charge >= 0.3 is 0 Å². The maximum absolute atomic E-state index is 12.5. The summed E-state index contributed by atoms with van der Waals surface area (Å²) in [5, 5.41) is 0. The molecule has 0 spiro atoms. The number of aromatic nitrogens is 2. The maximum atomic E-state index is 12.5. The molecule has 4 rings (SSSR count). The van der Waals surface area contributed by atoms with Crippen molar-refractivity contribution in [3.63, 3.8) is 0 Å². The number of anilines is 1. The number of imidazole rings is 1. The van der Waals surface area contributed by atoms with Crippen molar-refractivity contribution < 1.29 is 9.59 Å². The second-order valence-electron chi connectivity index (χ2n) is 5.57. The molecule has 0 radical (unpaired) electrons. The van der Waals surface area contributed by atoms with Crippen molar-refractivity contribution in [1.82, 2.24) is 9.55 Å². The van der Waals surface area contributed by atoms with E-state index in [-0.39, 0.29) is 11.8 Å².